The number of hydrogen-bond donors (Lipinski definition) is 1. The van der Waals surface area contributed by atoms with E-state index in [1.54, 1.807) is 17.1 Å². The zero-order chi connectivity index (χ0) is 14.8. The van der Waals surface area contributed by atoms with Crippen LogP contribution in [0.2, 0.25) is 0 Å². The molecule has 1 aromatic carbocycles. The van der Waals surface area contributed by atoms with E-state index in [4.69, 9.17) is 0 Å². The summed E-state index contributed by atoms with van der Waals surface area (Å²) in [7, 11) is 1.82. The average Bonchev–Trinajstić information content (AvgIpc) is 2.94. The zero-order valence-corrected chi connectivity index (χ0v) is 12.4. The maximum absolute atomic E-state index is 12.7. The van der Waals surface area contributed by atoms with Gasteiger partial charge in [0.1, 0.15) is 0 Å². The van der Waals surface area contributed by atoms with Crippen LogP contribution in [0, 0.1) is 0 Å². The number of carbonyl (C=O) groups excluding carboxylic acids is 1. The fourth-order valence-corrected chi connectivity index (χ4v) is 2.92. The van der Waals surface area contributed by atoms with Gasteiger partial charge in [0.2, 0.25) is 0 Å². The number of anilines is 1. The number of aromatic nitrogens is 2. The van der Waals surface area contributed by atoms with Gasteiger partial charge in [-0.2, -0.15) is 5.10 Å². The predicted molar refractivity (Wildman–Crippen MR) is 82.4 cm³/mol. The molecule has 0 spiro atoms. The van der Waals surface area contributed by atoms with E-state index in [0.29, 0.717) is 11.6 Å². The molecule has 1 aromatic heterocycles. The normalized spacial score (nSPS) is 17.6. The van der Waals surface area contributed by atoms with Gasteiger partial charge < -0.3 is 10.2 Å². The molecule has 1 atom stereocenters. The summed E-state index contributed by atoms with van der Waals surface area (Å²) in [5.41, 5.74) is 2.83. The van der Waals surface area contributed by atoms with E-state index in [1.165, 1.54) is 5.56 Å². The first-order chi connectivity index (χ1) is 10.2. The van der Waals surface area contributed by atoms with Gasteiger partial charge in [0.05, 0.1) is 11.8 Å². The third-order valence-corrected chi connectivity index (χ3v) is 3.89. The van der Waals surface area contributed by atoms with Crippen molar-refractivity contribution in [2.24, 2.45) is 7.05 Å². The molecule has 2 heterocycles. The molecular formula is C16H20N4O. The number of para-hydroxylation sites is 1. The van der Waals surface area contributed by atoms with Crippen LogP contribution in [0.4, 0.5) is 5.69 Å². The zero-order valence-electron chi connectivity index (χ0n) is 12.4. The highest BCUT2D eigenvalue weighted by Crippen LogP contribution is 2.34. The first-order valence-electron chi connectivity index (χ1n) is 7.33. The Labute approximate surface area is 124 Å². The van der Waals surface area contributed by atoms with Crippen LogP contribution < -0.4 is 10.2 Å². The maximum Gasteiger partial charge on any atom is 0.261 e. The number of benzene rings is 1. The van der Waals surface area contributed by atoms with Crippen LogP contribution in [0.3, 0.4) is 0 Å². The molecule has 0 aliphatic carbocycles. The number of fused-ring (bicyclic) bond motifs is 1. The van der Waals surface area contributed by atoms with Crippen LogP contribution in [0.1, 0.15) is 35.3 Å². The number of nitrogens with zero attached hydrogens (tertiary/aromatic N) is 3. The molecule has 5 nitrogen and oxygen atoms in total. The van der Waals surface area contributed by atoms with Crippen molar-refractivity contribution >= 4 is 11.6 Å². The van der Waals surface area contributed by atoms with Crippen molar-refractivity contribution in [2.45, 2.75) is 19.4 Å². The lowest BCUT2D eigenvalue weighted by molar-refractivity contribution is 0.0983. The summed E-state index contributed by atoms with van der Waals surface area (Å²) in [5, 5.41) is 7.58. The van der Waals surface area contributed by atoms with Crippen LogP contribution in [-0.2, 0) is 7.05 Å². The summed E-state index contributed by atoms with van der Waals surface area (Å²) in [6, 6.07) is 8.46. The highest BCUT2D eigenvalue weighted by Gasteiger charge is 2.28. The average molecular weight is 284 g/mol. The van der Waals surface area contributed by atoms with Crippen LogP contribution in [0.5, 0.6) is 0 Å². The van der Waals surface area contributed by atoms with Gasteiger partial charge in [0, 0.05) is 31.5 Å². The van der Waals surface area contributed by atoms with Crippen molar-refractivity contribution in [3.05, 3.63) is 47.8 Å². The molecular weight excluding hydrogens is 264 g/mol. The highest BCUT2D eigenvalue weighted by molar-refractivity contribution is 6.06. The standard InChI is InChI=1S/C16H20N4O/c1-3-17-14-8-9-20(15-7-5-4-6-13(14)15)16(21)12-10-18-19(2)11-12/h4-7,10-11,14,17H,3,8-9H2,1-2H3. The summed E-state index contributed by atoms with van der Waals surface area (Å²) < 4.78 is 1.66. The monoisotopic (exact) mass is 284 g/mol. The lowest BCUT2D eigenvalue weighted by atomic mass is 9.96. The Balaban J connectivity index is 1.94. The summed E-state index contributed by atoms with van der Waals surface area (Å²) >= 11 is 0. The number of amides is 1. The molecule has 110 valence electrons. The first-order valence-corrected chi connectivity index (χ1v) is 7.33. The van der Waals surface area contributed by atoms with Gasteiger partial charge in [-0.05, 0) is 24.6 Å². The van der Waals surface area contributed by atoms with E-state index in [0.717, 1.165) is 25.2 Å². The van der Waals surface area contributed by atoms with E-state index >= 15 is 0 Å². The molecule has 2 aromatic rings. The molecule has 5 heteroatoms. The molecule has 1 aliphatic rings. The van der Waals surface area contributed by atoms with Gasteiger partial charge >= 0.3 is 0 Å². The summed E-state index contributed by atoms with van der Waals surface area (Å²) in [6.07, 6.45) is 4.32. The molecule has 0 saturated carbocycles. The van der Waals surface area contributed by atoms with Gasteiger partial charge in [-0.3, -0.25) is 9.48 Å². The fraction of sp³-hybridized carbons (Fsp3) is 0.375. The third kappa shape index (κ3) is 2.56. The predicted octanol–water partition coefficient (Wildman–Crippen LogP) is 2.12. The van der Waals surface area contributed by atoms with Crippen LogP contribution in [0.25, 0.3) is 0 Å². The van der Waals surface area contributed by atoms with Crippen LogP contribution in [-0.4, -0.2) is 28.8 Å². The highest BCUT2D eigenvalue weighted by atomic mass is 16.2. The Morgan fingerprint density at radius 2 is 2.24 bits per heavy atom. The maximum atomic E-state index is 12.7. The largest absolute Gasteiger partial charge is 0.310 e. The van der Waals surface area contributed by atoms with E-state index in [2.05, 4.69) is 23.4 Å². The number of nitrogens with one attached hydrogen (secondary N) is 1. The molecule has 0 fully saturated rings. The molecule has 1 unspecified atom stereocenters. The smallest absolute Gasteiger partial charge is 0.261 e. The number of aryl methyl sites for hydroxylation is 1. The van der Waals surface area contributed by atoms with Gasteiger partial charge in [0.25, 0.3) is 5.91 Å². The quantitative estimate of drug-likeness (QED) is 0.939. The third-order valence-electron chi connectivity index (χ3n) is 3.89. The topological polar surface area (TPSA) is 50.2 Å². The summed E-state index contributed by atoms with van der Waals surface area (Å²) in [6.45, 7) is 3.76. The van der Waals surface area contributed by atoms with Crippen molar-refractivity contribution in [1.29, 1.82) is 0 Å². The fourth-order valence-electron chi connectivity index (χ4n) is 2.92. The van der Waals surface area contributed by atoms with E-state index in [-0.39, 0.29) is 5.91 Å². The molecule has 0 radical (unpaired) electrons. The van der Waals surface area contributed by atoms with Crippen LogP contribution in [0.15, 0.2) is 36.7 Å². The SMILES string of the molecule is CCNC1CCN(C(=O)c2cnn(C)c2)c2ccccc21. The van der Waals surface area contributed by atoms with Crippen molar-refractivity contribution in [3.63, 3.8) is 0 Å². The molecule has 3 rings (SSSR count). The second-order valence-electron chi connectivity index (χ2n) is 5.32. The Morgan fingerprint density at radius 3 is 2.95 bits per heavy atom. The van der Waals surface area contributed by atoms with Crippen molar-refractivity contribution in [1.82, 2.24) is 15.1 Å². The second-order valence-corrected chi connectivity index (χ2v) is 5.32. The number of rotatable bonds is 3. The van der Waals surface area contributed by atoms with E-state index in [9.17, 15) is 4.79 Å². The minimum atomic E-state index is 0.0190. The minimum absolute atomic E-state index is 0.0190. The van der Waals surface area contributed by atoms with Gasteiger partial charge in [-0.15, -0.1) is 0 Å². The van der Waals surface area contributed by atoms with Gasteiger partial charge in [-0.25, -0.2) is 0 Å². The Kier molecular flexibility index (Phi) is 3.75. The van der Waals surface area contributed by atoms with Gasteiger partial charge in [0.15, 0.2) is 0 Å². The molecule has 1 aliphatic heterocycles. The molecule has 1 amide bonds. The Bertz CT molecular complexity index is 649. The van der Waals surface area contributed by atoms with Crippen molar-refractivity contribution in [2.75, 3.05) is 18.0 Å². The number of carbonyl (C=O) groups is 1. The Hall–Kier alpha value is -2.14. The van der Waals surface area contributed by atoms with Crippen molar-refractivity contribution in [3.8, 4) is 0 Å². The lowest BCUT2D eigenvalue weighted by Crippen LogP contribution is -2.39. The summed E-state index contributed by atoms with van der Waals surface area (Å²) in [4.78, 5) is 14.6. The van der Waals surface area contributed by atoms with E-state index < -0.39 is 0 Å². The number of hydrogen-bond acceptors (Lipinski definition) is 3. The van der Waals surface area contributed by atoms with Crippen molar-refractivity contribution < 1.29 is 4.79 Å². The molecule has 0 saturated heterocycles. The second kappa shape index (κ2) is 5.69. The molecule has 0 bridgehead atoms. The van der Waals surface area contributed by atoms with E-state index in [1.807, 2.05) is 30.1 Å². The molecule has 1 N–H and O–H groups in total. The lowest BCUT2D eigenvalue weighted by Gasteiger charge is -2.34. The van der Waals surface area contributed by atoms with Crippen LogP contribution >= 0.6 is 0 Å². The molecule has 21 heavy (non-hydrogen) atoms. The first kappa shape index (κ1) is 13.8. The van der Waals surface area contributed by atoms with Gasteiger partial charge in [-0.1, -0.05) is 25.1 Å². The Morgan fingerprint density at radius 1 is 1.43 bits per heavy atom. The minimum Gasteiger partial charge on any atom is -0.310 e. The summed E-state index contributed by atoms with van der Waals surface area (Å²) in [5.74, 6) is 0.0190.